The molecule has 0 spiro atoms. The van der Waals surface area contributed by atoms with Crippen LogP contribution in [-0.4, -0.2) is 318 Å². The van der Waals surface area contributed by atoms with Crippen LogP contribution in [0.1, 0.15) is 90.4 Å². The first kappa shape index (κ1) is 116. The van der Waals surface area contributed by atoms with Gasteiger partial charge < -0.3 is 171 Å². The summed E-state index contributed by atoms with van der Waals surface area (Å²) < 4.78 is 205. The van der Waals surface area contributed by atoms with Gasteiger partial charge in [-0.2, -0.15) is 0 Å². The minimum atomic E-state index is -1.68. The first-order valence-electron chi connectivity index (χ1n) is 44.3. The molecule has 8 bridgehead atoms. The second kappa shape index (κ2) is 63.0. The monoisotopic (exact) mass is 2080 g/mol. The molecule has 0 aromatic heterocycles. The van der Waals surface area contributed by atoms with E-state index in [0.29, 0.717) is 0 Å². The molecular weight excluding hydrogens is 1970 g/mol. The third kappa shape index (κ3) is 36.6. The average molecular weight is 2080 g/mol. The smallest absolute Gasteiger partial charge is 0.346 e. The van der Waals surface area contributed by atoms with Crippen LogP contribution in [-0.2, 0) is 171 Å². The first-order valence-corrected chi connectivity index (χ1v) is 44.3. The number of methoxy groups -OCH3 is 12. The van der Waals surface area contributed by atoms with E-state index in [1.54, 1.807) is 0 Å². The maximum absolute atomic E-state index is 14.4. The molecule has 0 heterocycles. The van der Waals surface area contributed by atoms with Gasteiger partial charge in [0, 0.05) is 178 Å². The predicted molar refractivity (Wildman–Crippen MR) is 497 cm³/mol. The third-order valence-electron chi connectivity index (χ3n) is 20.2. The van der Waals surface area contributed by atoms with Gasteiger partial charge in [0.25, 0.3) is 0 Å². The number of ether oxygens (including phenoxy) is 36. The van der Waals surface area contributed by atoms with E-state index in [-0.39, 0.29) is 136 Å². The van der Waals surface area contributed by atoms with Gasteiger partial charge in [-0.3, -0.25) is 0 Å². The van der Waals surface area contributed by atoms with E-state index >= 15 is 0 Å². The highest BCUT2D eigenvalue weighted by Gasteiger charge is 2.40. The van der Waals surface area contributed by atoms with Crippen LogP contribution in [0.25, 0.3) is 0 Å². The molecule has 48 heteroatoms. The van der Waals surface area contributed by atoms with Gasteiger partial charge in [-0.15, -0.1) is 0 Å². The largest absolute Gasteiger partial charge is 0.482 e. The fourth-order valence-electron chi connectivity index (χ4n) is 14.0. The van der Waals surface area contributed by atoms with Crippen molar-refractivity contribution in [3.63, 3.8) is 0 Å². The summed E-state index contributed by atoms with van der Waals surface area (Å²) >= 11 is 0. The minimum absolute atomic E-state index is 0.0136. The zero-order chi connectivity index (χ0) is 106. The lowest BCUT2D eigenvalue weighted by molar-refractivity contribution is -0.157. The Labute approximate surface area is 847 Å². The maximum atomic E-state index is 14.4. The fourth-order valence-corrected chi connectivity index (χ4v) is 14.0. The van der Waals surface area contributed by atoms with Crippen LogP contribution in [0.4, 0.5) is 0 Å². The van der Waals surface area contributed by atoms with Crippen LogP contribution < -0.4 is 56.8 Å². The van der Waals surface area contributed by atoms with Crippen molar-refractivity contribution in [3.05, 3.63) is 212 Å². The standard InChI is InChI=1S/C100H112O48/c1-113-49-137-85(101)37-125-65-21-13-61(14-22-65)97-69-29-71(79(131-43-91(107)143-55-119-7)33-77(69)129-41-89(105)141-53-117-5)98(62-15-23-66(24-16-62)126-38-86(102)138-50-114-2)73-31-75(83(135-47-95(111)147-59-123-11)35-81(73)133-45-93(109)145-57-121-9)100(64-19-27-68(28-20-64)128-40-88(104)140-52-116-4)76-32-74(82(134-46-94(110)146-58-122-10)36-84(76)136-48-96(112)148-60-124-12)99(63-17-25-67(26-18-63)127-39-87(103)139-51-115-3)72-30-70(97)78(130-42-90(106)142-54-118-6)34-80(72)132-44-92(108)144-56-120-8/h13-36,97-100H,37-60H2,1-12H3. The van der Waals surface area contributed by atoms with Crippen molar-refractivity contribution in [2.75, 3.05) is 246 Å². The van der Waals surface area contributed by atoms with Crippen molar-refractivity contribution in [3.8, 4) is 69.0 Å². The van der Waals surface area contributed by atoms with Crippen molar-refractivity contribution in [1.82, 2.24) is 0 Å². The number of rotatable bonds is 64. The van der Waals surface area contributed by atoms with Crippen LogP contribution in [0, 0.1) is 0 Å². The second-order valence-electron chi connectivity index (χ2n) is 30.3. The van der Waals surface area contributed by atoms with Gasteiger partial charge in [0.1, 0.15) is 69.0 Å². The summed E-state index contributed by atoms with van der Waals surface area (Å²) in [6.07, 6.45) is 0. The van der Waals surface area contributed by atoms with Gasteiger partial charge in [-0.05, 0) is 95.1 Å². The highest BCUT2D eigenvalue weighted by Crippen LogP contribution is 2.56. The molecule has 0 atom stereocenters. The van der Waals surface area contributed by atoms with Crippen LogP contribution in [0.15, 0.2) is 146 Å². The summed E-state index contributed by atoms with van der Waals surface area (Å²) in [6, 6.07) is 34.7. The first-order chi connectivity index (χ1) is 71.8. The Hall–Kier alpha value is -15.5. The van der Waals surface area contributed by atoms with Crippen molar-refractivity contribution in [2.45, 2.75) is 23.7 Å². The molecule has 0 saturated heterocycles. The second-order valence-corrected chi connectivity index (χ2v) is 30.3. The van der Waals surface area contributed by atoms with E-state index in [0.717, 1.165) is 0 Å². The lowest BCUT2D eigenvalue weighted by Crippen LogP contribution is -2.22. The summed E-state index contributed by atoms with van der Waals surface area (Å²) in [4.78, 5) is 168. The third-order valence-corrected chi connectivity index (χ3v) is 20.2. The molecule has 0 unspecified atom stereocenters. The van der Waals surface area contributed by atoms with E-state index in [9.17, 15) is 57.5 Å². The Morgan fingerprint density at radius 2 is 0.264 bits per heavy atom. The molecule has 8 aromatic carbocycles. The molecule has 800 valence electrons. The Kier molecular flexibility index (Phi) is 49.4. The van der Waals surface area contributed by atoms with E-state index in [1.807, 2.05) is 0 Å². The number of carbonyl (C=O) groups excluding carboxylic acids is 12. The van der Waals surface area contributed by atoms with Crippen molar-refractivity contribution >= 4 is 71.6 Å². The molecule has 8 aromatic rings. The summed E-state index contributed by atoms with van der Waals surface area (Å²) in [5.41, 5.74) is -0.343. The van der Waals surface area contributed by atoms with E-state index in [1.165, 1.54) is 231 Å². The number of fused-ring (bicyclic) bond motifs is 8. The number of hydrogen-bond donors (Lipinski definition) is 0. The minimum Gasteiger partial charge on any atom is -0.482 e. The zero-order valence-corrected chi connectivity index (χ0v) is 82.7. The van der Waals surface area contributed by atoms with E-state index in [2.05, 4.69) is 0 Å². The molecule has 0 fully saturated rings. The molecular formula is C100H112O48. The number of esters is 12. The Morgan fingerprint density at radius 3 is 0.372 bits per heavy atom. The zero-order valence-electron chi connectivity index (χ0n) is 82.7. The fraction of sp³-hybridized carbons (Fsp3) is 0.400. The summed E-state index contributed by atoms with van der Waals surface area (Å²) in [7, 11) is 15.1. The van der Waals surface area contributed by atoms with Crippen molar-refractivity contribution in [1.29, 1.82) is 0 Å². The number of hydrogen-bond acceptors (Lipinski definition) is 48. The average Bonchev–Trinajstić information content (AvgIpc) is 0.729. The van der Waals surface area contributed by atoms with Crippen molar-refractivity contribution < 1.29 is 228 Å². The van der Waals surface area contributed by atoms with Gasteiger partial charge in [0.2, 0.25) is 0 Å². The van der Waals surface area contributed by atoms with Gasteiger partial charge in [0.05, 0.1) is 0 Å². The van der Waals surface area contributed by atoms with Crippen LogP contribution in [0.2, 0.25) is 0 Å². The number of benzene rings is 8. The van der Waals surface area contributed by atoms with Crippen LogP contribution in [0.5, 0.6) is 69.0 Å². The van der Waals surface area contributed by atoms with Gasteiger partial charge in [-0.1, -0.05) is 48.5 Å². The summed E-state index contributed by atoms with van der Waals surface area (Å²) in [6.45, 7) is -17.6. The molecule has 1 aliphatic carbocycles. The molecule has 0 N–H and O–H groups in total. The summed E-state index contributed by atoms with van der Waals surface area (Å²) in [5, 5.41) is 0. The lowest BCUT2D eigenvalue weighted by atomic mass is 9.75. The molecule has 148 heavy (non-hydrogen) atoms. The lowest BCUT2D eigenvalue weighted by Gasteiger charge is -2.32. The highest BCUT2D eigenvalue weighted by atomic mass is 16.8. The van der Waals surface area contributed by atoms with Crippen LogP contribution >= 0.6 is 0 Å². The Balaban J connectivity index is 1.70. The Morgan fingerprint density at radius 1 is 0.155 bits per heavy atom. The number of carbonyl (C=O) groups is 12. The topological polar surface area (TPSA) is 537 Å². The van der Waals surface area contributed by atoms with Crippen molar-refractivity contribution in [2.24, 2.45) is 0 Å². The molecule has 48 nitrogen and oxygen atoms in total. The molecule has 0 saturated carbocycles. The molecule has 1 aliphatic rings. The quantitative estimate of drug-likeness (QED) is 0.0209. The van der Waals surface area contributed by atoms with Gasteiger partial charge in [-0.25, -0.2) is 57.5 Å². The molecule has 0 radical (unpaired) electrons. The highest BCUT2D eigenvalue weighted by molar-refractivity contribution is 5.79. The predicted octanol–water partition coefficient (Wildman–Crippen LogP) is 7.03. The van der Waals surface area contributed by atoms with Crippen LogP contribution in [0.3, 0.4) is 0 Å². The van der Waals surface area contributed by atoms with E-state index < -0.39 is 256 Å². The molecule has 9 rings (SSSR count). The SMILES string of the molecule is COCOC(=O)COc1ccc(C2c3cc(c(OCC(=O)OCOC)cc3OCC(=O)OCOC)C(c3ccc(OCC(=O)OCOC)cc3)c3cc(c(OCC(=O)OCOC)cc3OCC(=O)OCOC)C(c3ccc(OCC(=O)OCOC)cc3)c3cc(c(OCC(=O)OCOC)cc3OCC(=O)OCOC)C(c3ccc(OCC(=O)OCOC)cc3)c3cc2c(OCC(=O)OCOC)cc3OCC(=O)OCOC)cc1. The molecule has 0 amide bonds. The normalized spacial score (nSPS) is 13.2. The summed E-state index contributed by atoms with van der Waals surface area (Å²) in [5.74, 6) is -21.5. The maximum Gasteiger partial charge on any atom is 0.346 e. The van der Waals surface area contributed by atoms with Gasteiger partial charge in [0.15, 0.2) is 161 Å². The Bertz CT molecular complexity index is 4760. The molecule has 0 aliphatic heterocycles. The van der Waals surface area contributed by atoms with E-state index in [4.69, 9.17) is 171 Å². The van der Waals surface area contributed by atoms with Gasteiger partial charge >= 0.3 is 71.6 Å².